The third-order valence-electron chi connectivity index (χ3n) is 3.91. The number of methoxy groups -OCH3 is 1. The van der Waals surface area contributed by atoms with Crippen LogP contribution in [0.4, 0.5) is 0 Å². The molecule has 1 aromatic carbocycles. The molecule has 2 unspecified atom stereocenters. The van der Waals surface area contributed by atoms with E-state index in [9.17, 15) is 0 Å². The van der Waals surface area contributed by atoms with Crippen LogP contribution < -0.4 is 5.73 Å². The summed E-state index contributed by atoms with van der Waals surface area (Å²) in [5.41, 5.74) is 7.52. The number of piperidine rings is 1. The summed E-state index contributed by atoms with van der Waals surface area (Å²) < 4.78 is 6.55. The number of likely N-dealkylation sites (tertiary alicyclic amines) is 1. The molecular formula is C15H23BrN2O. The minimum absolute atomic E-state index is 0.125. The van der Waals surface area contributed by atoms with E-state index in [1.807, 2.05) is 0 Å². The highest BCUT2D eigenvalue weighted by Gasteiger charge is 2.28. The fraction of sp³-hybridized carbons (Fsp3) is 0.600. The number of rotatable bonds is 4. The first-order chi connectivity index (χ1) is 9.11. The molecule has 1 aliphatic rings. The number of halogens is 1. The Morgan fingerprint density at radius 2 is 1.84 bits per heavy atom. The van der Waals surface area contributed by atoms with Crippen LogP contribution in [-0.4, -0.2) is 37.2 Å². The number of nitrogens with zero attached hydrogens (tertiary/aromatic N) is 1. The zero-order chi connectivity index (χ0) is 13.8. The summed E-state index contributed by atoms with van der Waals surface area (Å²) in [5, 5.41) is 0. The van der Waals surface area contributed by atoms with Crippen molar-refractivity contribution in [3.05, 3.63) is 34.3 Å². The van der Waals surface area contributed by atoms with E-state index < -0.39 is 0 Å². The third-order valence-corrected chi connectivity index (χ3v) is 4.44. The Morgan fingerprint density at radius 3 is 2.32 bits per heavy atom. The first-order valence-electron chi connectivity index (χ1n) is 6.89. The van der Waals surface area contributed by atoms with E-state index in [0.29, 0.717) is 12.1 Å². The Bertz CT molecular complexity index is 386. The van der Waals surface area contributed by atoms with Gasteiger partial charge in [-0.2, -0.15) is 0 Å². The second kappa shape index (κ2) is 6.84. The van der Waals surface area contributed by atoms with Crippen molar-refractivity contribution in [2.75, 3.05) is 20.2 Å². The van der Waals surface area contributed by atoms with Gasteiger partial charge >= 0.3 is 0 Å². The van der Waals surface area contributed by atoms with Gasteiger partial charge in [0.1, 0.15) is 0 Å². The van der Waals surface area contributed by atoms with Gasteiger partial charge in [-0.1, -0.05) is 28.1 Å². The molecule has 0 amide bonds. The SMILES string of the molecule is COC1CCN(C(c2ccc(Br)cc2)C(C)N)CC1. The van der Waals surface area contributed by atoms with E-state index in [0.717, 1.165) is 30.4 Å². The monoisotopic (exact) mass is 326 g/mol. The normalized spacial score (nSPS) is 21.3. The van der Waals surface area contributed by atoms with Crippen LogP contribution in [0.1, 0.15) is 31.4 Å². The average molecular weight is 327 g/mol. The van der Waals surface area contributed by atoms with Crippen LogP contribution in [0, 0.1) is 0 Å². The summed E-state index contributed by atoms with van der Waals surface area (Å²) in [6.45, 7) is 4.21. The Labute approximate surface area is 124 Å². The zero-order valence-corrected chi connectivity index (χ0v) is 13.3. The summed E-state index contributed by atoms with van der Waals surface area (Å²) >= 11 is 3.48. The maximum Gasteiger partial charge on any atom is 0.0595 e. The molecule has 0 bridgehead atoms. The van der Waals surface area contributed by atoms with Crippen LogP contribution in [-0.2, 0) is 4.74 Å². The van der Waals surface area contributed by atoms with Gasteiger partial charge in [0.2, 0.25) is 0 Å². The lowest BCUT2D eigenvalue weighted by atomic mass is 9.96. The van der Waals surface area contributed by atoms with Gasteiger partial charge in [-0.25, -0.2) is 0 Å². The number of benzene rings is 1. The highest BCUT2D eigenvalue weighted by molar-refractivity contribution is 9.10. The van der Waals surface area contributed by atoms with Crippen molar-refractivity contribution in [1.29, 1.82) is 0 Å². The molecule has 0 saturated carbocycles. The molecular weight excluding hydrogens is 304 g/mol. The predicted octanol–water partition coefficient (Wildman–Crippen LogP) is 2.95. The smallest absolute Gasteiger partial charge is 0.0595 e. The van der Waals surface area contributed by atoms with Gasteiger partial charge in [-0.05, 0) is 37.5 Å². The lowest BCUT2D eigenvalue weighted by molar-refractivity contribution is 0.0234. The second-order valence-electron chi connectivity index (χ2n) is 5.33. The highest BCUT2D eigenvalue weighted by atomic mass is 79.9. The lowest BCUT2D eigenvalue weighted by Crippen LogP contribution is -2.45. The largest absolute Gasteiger partial charge is 0.381 e. The van der Waals surface area contributed by atoms with Gasteiger partial charge in [-0.3, -0.25) is 4.90 Å². The molecule has 0 spiro atoms. The minimum Gasteiger partial charge on any atom is -0.381 e. The summed E-state index contributed by atoms with van der Waals surface area (Å²) in [6, 6.07) is 8.94. The molecule has 4 heteroatoms. The van der Waals surface area contributed by atoms with Gasteiger partial charge in [-0.15, -0.1) is 0 Å². The van der Waals surface area contributed by atoms with Crippen LogP contribution >= 0.6 is 15.9 Å². The highest BCUT2D eigenvalue weighted by Crippen LogP contribution is 2.28. The Balaban J connectivity index is 2.10. The molecule has 1 heterocycles. The van der Waals surface area contributed by atoms with E-state index in [2.05, 4.69) is 52.0 Å². The summed E-state index contributed by atoms with van der Waals surface area (Å²) in [6.07, 6.45) is 2.60. The molecule has 0 aromatic heterocycles. The molecule has 2 N–H and O–H groups in total. The molecule has 1 saturated heterocycles. The van der Waals surface area contributed by atoms with Crippen molar-refractivity contribution in [3.8, 4) is 0 Å². The summed E-state index contributed by atoms with van der Waals surface area (Å²) in [4.78, 5) is 2.49. The van der Waals surface area contributed by atoms with Gasteiger partial charge in [0, 0.05) is 36.8 Å². The van der Waals surface area contributed by atoms with E-state index in [1.54, 1.807) is 7.11 Å². The van der Waals surface area contributed by atoms with Gasteiger partial charge in [0.25, 0.3) is 0 Å². The molecule has 1 aromatic rings. The molecule has 2 atom stereocenters. The van der Waals surface area contributed by atoms with Crippen LogP contribution in [0.15, 0.2) is 28.7 Å². The molecule has 1 fully saturated rings. The number of nitrogens with two attached hydrogens (primary N) is 1. The third kappa shape index (κ3) is 3.78. The van der Waals surface area contributed by atoms with Crippen LogP contribution in [0.25, 0.3) is 0 Å². The van der Waals surface area contributed by atoms with Gasteiger partial charge in [0.15, 0.2) is 0 Å². The van der Waals surface area contributed by atoms with Crippen molar-refractivity contribution in [2.45, 2.75) is 38.0 Å². The second-order valence-corrected chi connectivity index (χ2v) is 6.24. The topological polar surface area (TPSA) is 38.5 Å². The van der Waals surface area contributed by atoms with E-state index >= 15 is 0 Å². The quantitative estimate of drug-likeness (QED) is 0.924. The first-order valence-corrected chi connectivity index (χ1v) is 7.69. The molecule has 19 heavy (non-hydrogen) atoms. The van der Waals surface area contributed by atoms with E-state index in [4.69, 9.17) is 10.5 Å². The maximum absolute atomic E-state index is 6.22. The fourth-order valence-electron chi connectivity index (χ4n) is 2.90. The van der Waals surface area contributed by atoms with Crippen molar-refractivity contribution in [1.82, 2.24) is 4.90 Å². The Hall–Kier alpha value is -0.420. The average Bonchev–Trinajstić information content (AvgIpc) is 2.42. The van der Waals surface area contributed by atoms with E-state index in [1.165, 1.54) is 5.56 Å². The number of hydrogen-bond donors (Lipinski definition) is 1. The van der Waals surface area contributed by atoms with Crippen molar-refractivity contribution < 1.29 is 4.74 Å². The molecule has 0 aliphatic carbocycles. The van der Waals surface area contributed by atoms with Crippen molar-refractivity contribution in [2.24, 2.45) is 5.73 Å². The van der Waals surface area contributed by atoms with Crippen LogP contribution in [0.3, 0.4) is 0 Å². The van der Waals surface area contributed by atoms with Gasteiger partial charge < -0.3 is 10.5 Å². The standard InChI is InChI=1S/C15H23BrN2O/c1-11(17)15(12-3-5-13(16)6-4-12)18-9-7-14(19-2)8-10-18/h3-6,11,14-15H,7-10,17H2,1-2H3. The molecule has 2 rings (SSSR count). The summed E-state index contributed by atoms with van der Waals surface area (Å²) in [5.74, 6) is 0. The minimum atomic E-state index is 0.125. The Kier molecular flexibility index (Phi) is 5.39. The Morgan fingerprint density at radius 1 is 1.26 bits per heavy atom. The van der Waals surface area contributed by atoms with Crippen molar-refractivity contribution in [3.63, 3.8) is 0 Å². The van der Waals surface area contributed by atoms with Gasteiger partial charge in [0.05, 0.1) is 6.10 Å². The number of hydrogen-bond acceptors (Lipinski definition) is 3. The van der Waals surface area contributed by atoms with Crippen LogP contribution in [0.2, 0.25) is 0 Å². The molecule has 1 aliphatic heterocycles. The fourth-order valence-corrected chi connectivity index (χ4v) is 3.16. The zero-order valence-electron chi connectivity index (χ0n) is 11.7. The molecule has 3 nitrogen and oxygen atoms in total. The predicted molar refractivity (Wildman–Crippen MR) is 82.1 cm³/mol. The summed E-state index contributed by atoms with van der Waals surface area (Å²) in [7, 11) is 1.80. The molecule has 106 valence electrons. The first kappa shape index (κ1) is 15.0. The molecule has 0 radical (unpaired) electrons. The maximum atomic E-state index is 6.22. The van der Waals surface area contributed by atoms with Crippen molar-refractivity contribution >= 4 is 15.9 Å². The van der Waals surface area contributed by atoms with Crippen LogP contribution in [0.5, 0.6) is 0 Å². The lowest BCUT2D eigenvalue weighted by Gasteiger charge is -2.39. The van der Waals surface area contributed by atoms with E-state index in [-0.39, 0.29) is 6.04 Å². The number of ether oxygens (including phenoxy) is 1.